The molecule has 1 aliphatic carbocycles. The molecular weight excluding hydrogens is 292 g/mol. The van der Waals surface area contributed by atoms with E-state index >= 15 is 0 Å². The lowest BCUT2D eigenvalue weighted by atomic mass is 9.81. The SMILES string of the molecule is CCN(CC)CCCN1CCC2(C=C(OC)CC(OC)=C2)C1=O. The van der Waals surface area contributed by atoms with Gasteiger partial charge in [-0.25, -0.2) is 0 Å². The molecule has 0 unspecified atom stereocenters. The summed E-state index contributed by atoms with van der Waals surface area (Å²) < 4.78 is 10.8. The van der Waals surface area contributed by atoms with Gasteiger partial charge >= 0.3 is 0 Å². The number of nitrogens with zero attached hydrogens (tertiary/aromatic N) is 2. The normalized spacial score (nSPS) is 20.0. The van der Waals surface area contributed by atoms with Crippen LogP contribution in [0.5, 0.6) is 0 Å². The first-order valence-corrected chi connectivity index (χ1v) is 8.61. The van der Waals surface area contributed by atoms with Crippen molar-refractivity contribution in [1.82, 2.24) is 9.80 Å². The zero-order valence-electron chi connectivity index (χ0n) is 14.9. The van der Waals surface area contributed by atoms with Gasteiger partial charge in [-0.05, 0) is 44.6 Å². The molecule has 0 aromatic heterocycles. The Bertz CT molecular complexity index is 461. The molecule has 23 heavy (non-hydrogen) atoms. The van der Waals surface area contributed by atoms with E-state index < -0.39 is 5.41 Å². The molecule has 1 heterocycles. The van der Waals surface area contributed by atoms with Gasteiger partial charge in [0.05, 0.1) is 26.1 Å². The van der Waals surface area contributed by atoms with Crippen molar-refractivity contribution in [3.05, 3.63) is 23.7 Å². The first-order chi connectivity index (χ1) is 11.1. The average Bonchev–Trinajstić information content (AvgIpc) is 2.87. The average molecular weight is 322 g/mol. The topological polar surface area (TPSA) is 42.0 Å². The smallest absolute Gasteiger partial charge is 0.236 e. The quantitative estimate of drug-likeness (QED) is 0.688. The molecule has 0 N–H and O–H groups in total. The molecule has 0 saturated carbocycles. The molecule has 0 aromatic rings. The maximum Gasteiger partial charge on any atom is 0.236 e. The molecule has 0 aromatic carbocycles. The van der Waals surface area contributed by atoms with Crippen LogP contribution in [-0.4, -0.2) is 62.7 Å². The molecule has 1 fully saturated rings. The number of carbonyl (C=O) groups excluding carboxylic acids is 1. The van der Waals surface area contributed by atoms with Gasteiger partial charge < -0.3 is 19.3 Å². The summed E-state index contributed by atoms with van der Waals surface area (Å²) in [4.78, 5) is 17.3. The third-order valence-corrected chi connectivity index (χ3v) is 4.99. The Morgan fingerprint density at radius 1 is 1.17 bits per heavy atom. The largest absolute Gasteiger partial charge is 0.501 e. The minimum absolute atomic E-state index is 0.181. The highest BCUT2D eigenvalue weighted by atomic mass is 16.5. The van der Waals surface area contributed by atoms with E-state index in [9.17, 15) is 4.79 Å². The molecule has 0 atom stereocenters. The van der Waals surface area contributed by atoms with Crippen molar-refractivity contribution >= 4 is 5.91 Å². The summed E-state index contributed by atoms with van der Waals surface area (Å²) >= 11 is 0. The minimum Gasteiger partial charge on any atom is -0.501 e. The molecule has 0 bridgehead atoms. The maximum absolute atomic E-state index is 12.9. The summed E-state index contributed by atoms with van der Waals surface area (Å²) in [5.74, 6) is 1.83. The van der Waals surface area contributed by atoms with E-state index in [0.717, 1.165) is 57.1 Å². The van der Waals surface area contributed by atoms with Crippen molar-refractivity contribution in [2.45, 2.75) is 33.1 Å². The van der Waals surface area contributed by atoms with Gasteiger partial charge in [0.15, 0.2) is 0 Å². The summed E-state index contributed by atoms with van der Waals surface area (Å²) in [5.41, 5.74) is -0.565. The fourth-order valence-electron chi connectivity index (χ4n) is 3.48. The zero-order valence-corrected chi connectivity index (χ0v) is 14.9. The molecule has 1 saturated heterocycles. The van der Waals surface area contributed by atoms with E-state index in [4.69, 9.17) is 9.47 Å². The number of rotatable bonds is 8. The van der Waals surface area contributed by atoms with E-state index in [2.05, 4.69) is 18.7 Å². The Hall–Kier alpha value is -1.49. The van der Waals surface area contributed by atoms with Crippen molar-refractivity contribution < 1.29 is 14.3 Å². The van der Waals surface area contributed by atoms with Gasteiger partial charge in [-0.15, -0.1) is 0 Å². The second-order valence-electron chi connectivity index (χ2n) is 6.27. The second kappa shape index (κ2) is 7.86. The molecule has 0 radical (unpaired) electrons. The number of amides is 1. The van der Waals surface area contributed by atoms with E-state index in [1.165, 1.54) is 0 Å². The Labute approximate surface area is 139 Å². The Morgan fingerprint density at radius 2 is 1.78 bits per heavy atom. The van der Waals surface area contributed by atoms with Crippen LogP contribution < -0.4 is 0 Å². The summed E-state index contributed by atoms with van der Waals surface area (Å²) in [5, 5.41) is 0. The Kier molecular flexibility index (Phi) is 6.10. The fraction of sp³-hybridized carbons (Fsp3) is 0.722. The van der Waals surface area contributed by atoms with Crippen LogP contribution in [0.15, 0.2) is 23.7 Å². The molecule has 1 spiro atoms. The zero-order chi connectivity index (χ0) is 16.9. The first kappa shape index (κ1) is 17.9. The molecular formula is C18H30N2O3. The number of likely N-dealkylation sites (tertiary alicyclic amines) is 1. The van der Waals surface area contributed by atoms with Gasteiger partial charge in [-0.1, -0.05) is 13.8 Å². The molecule has 5 heteroatoms. The van der Waals surface area contributed by atoms with Crippen LogP contribution in [0, 0.1) is 5.41 Å². The second-order valence-corrected chi connectivity index (χ2v) is 6.27. The molecule has 1 amide bonds. The van der Waals surface area contributed by atoms with Crippen LogP contribution in [0.3, 0.4) is 0 Å². The van der Waals surface area contributed by atoms with Crippen LogP contribution >= 0.6 is 0 Å². The highest BCUT2D eigenvalue weighted by Crippen LogP contribution is 2.41. The monoisotopic (exact) mass is 322 g/mol. The number of hydrogen-bond donors (Lipinski definition) is 0. The van der Waals surface area contributed by atoms with E-state index in [-0.39, 0.29) is 5.91 Å². The van der Waals surface area contributed by atoms with Gasteiger partial charge in [0.25, 0.3) is 0 Å². The Balaban J connectivity index is 2.01. The number of hydrogen-bond acceptors (Lipinski definition) is 4. The van der Waals surface area contributed by atoms with Crippen molar-refractivity contribution in [2.75, 3.05) is 46.9 Å². The van der Waals surface area contributed by atoms with Crippen LogP contribution in [0.25, 0.3) is 0 Å². The van der Waals surface area contributed by atoms with Crippen LogP contribution in [0.4, 0.5) is 0 Å². The fourth-order valence-corrected chi connectivity index (χ4v) is 3.48. The van der Waals surface area contributed by atoms with Crippen molar-refractivity contribution in [2.24, 2.45) is 5.41 Å². The van der Waals surface area contributed by atoms with E-state index in [0.29, 0.717) is 6.42 Å². The number of ether oxygens (including phenoxy) is 2. The van der Waals surface area contributed by atoms with Crippen LogP contribution in [-0.2, 0) is 14.3 Å². The van der Waals surface area contributed by atoms with E-state index in [1.54, 1.807) is 14.2 Å². The highest BCUT2D eigenvalue weighted by Gasteiger charge is 2.45. The third-order valence-electron chi connectivity index (χ3n) is 4.99. The highest BCUT2D eigenvalue weighted by molar-refractivity contribution is 5.89. The number of methoxy groups -OCH3 is 2. The van der Waals surface area contributed by atoms with Crippen molar-refractivity contribution in [3.63, 3.8) is 0 Å². The lowest BCUT2D eigenvalue weighted by molar-refractivity contribution is -0.132. The number of carbonyl (C=O) groups is 1. The summed E-state index contributed by atoms with van der Waals surface area (Å²) in [6.45, 7) is 9.15. The predicted octanol–water partition coefficient (Wildman–Crippen LogP) is 2.40. The van der Waals surface area contributed by atoms with Gasteiger partial charge in [0.2, 0.25) is 5.91 Å². The summed E-state index contributed by atoms with van der Waals surface area (Å²) in [7, 11) is 3.30. The van der Waals surface area contributed by atoms with Gasteiger partial charge in [0, 0.05) is 13.1 Å². The van der Waals surface area contributed by atoms with Gasteiger partial charge in [0.1, 0.15) is 11.5 Å². The Morgan fingerprint density at radius 3 is 2.30 bits per heavy atom. The predicted molar refractivity (Wildman–Crippen MR) is 90.8 cm³/mol. The standard InChI is InChI=1S/C18H30N2O3/c1-5-19(6-2)9-7-10-20-11-8-18(17(20)21)13-15(22-3)12-16(14-18)23-4/h13-14H,5-12H2,1-4H3. The van der Waals surface area contributed by atoms with Crippen molar-refractivity contribution in [3.8, 4) is 0 Å². The van der Waals surface area contributed by atoms with Crippen LogP contribution in [0.1, 0.15) is 33.1 Å². The van der Waals surface area contributed by atoms with Gasteiger partial charge in [-0.3, -0.25) is 4.79 Å². The lowest BCUT2D eigenvalue weighted by Gasteiger charge is -2.27. The van der Waals surface area contributed by atoms with E-state index in [1.807, 2.05) is 17.1 Å². The van der Waals surface area contributed by atoms with Crippen molar-refractivity contribution in [1.29, 1.82) is 0 Å². The summed E-state index contributed by atoms with van der Waals surface area (Å²) in [6, 6.07) is 0. The molecule has 2 aliphatic rings. The van der Waals surface area contributed by atoms with Gasteiger partial charge in [-0.2, -0.15) is 0 Å². The summed E-state index contributed by atoms with van der Waals surface area (Å²) in [6.07, 6.45) is 6.43. The molecule has 130 valence electrons. The third kappa shape index (κ3) is 3.89. The maximum atomic E-state index is 12.9. The lowest BCUT2D eigenvalue weighted by Crippen LogP contribution is -2.36. The molecule has 1 aliphatic heterocycles. The molecule has 2 rings (SSSR count). The van der Waals surface area contributed by atoms with Crippen LogP contribution in [0.2, 0.25) is 0 Å². The minimum atomic E-state index is -0.565. The first-order valence-electron chi connectivity index (χ1n) is 8.61. The molecule has 5 nitrogen and oxygen atoms in total.